The number of rotatable bonds is 4. The molecule has 0 radical (unpaired) electrons. The van der Waals surface area contributed by atoms with Crippen molar-refractivity contribution in [2.45, 2.75) is 4.90 Å². The Morgan fingerprint density at radius 2 is 1.82 bits per heavy atom. The van der Waals surface area contributed by atoms with Crippen molar-refractivity contribution in [3.05, 3.63) is 52.6 Å². The second-order valence-electron chi connectivity index (χ2n) is 4.40. The van der Waals surface area contributed by atoms with Crippen LogP contribution in [0.2, 0.25) is 0 Å². The summed E-state index contributed by atoms with van der Waals surface area (Å²) in [5.41, 5.74) is -0.266. The molecular weight excluding hydrogens is 312 g/mol. The molecule has 0 amide bonds. The summed E-state index contributed by atoms with van der Waals surface area (Å²) in [6.45, 7) is 0.0652. The summed E-state index contributed by atoms with van der Waals surface area (Å²) >= 11 is 0. The van der Waals surface area contributed by atoms with Crippen LogP contribution in [-0.4, -0.2) is 20.1 Å². The molecule has 2 aromatic rings. The number of benzene rings is 2. The number of nitrogens with one attached hydrogen (secondary N) is 1. The summed E-state index contributed by atoms with van der Waals surface area (Å²) in [5.74, 6) is 0.913. The van der Waals surface area contributed by atoms with Gasteiger partial charge in [-0.1, -0.05) is 12.1 Å². The predicted molar refractivity (Wildman–Crippen MR) is 76.5 cm³/mol. The van der Waals surface area contributed by atoms with Crippen molar-refractivity contribution < 1.29 is 22.8 Å². The average Bonchev–Trinajstić information content (AvgIpc) is 2.94. The summed E-state index contributed by atoms with van der Waals surface area (Å²) in [7, 11) is -4.09. The monoisotopic (exact) mass is 322 g/mol. The van der Waals surface area contributed by atoms with E-state index in [2.05, 4.69) is 4.72 Å². The number of hydrogen-bond donors (Lipinski definition) is 1. The minimum absolute atomic E-state index is 0.0652. The van der Waals surface area contributed by atoms with Crippen LogP contribution in [-0.2, 0) is 10.0 Å². The average molecular weight is 322 g/mol. The van der Waals surface area contributed by atoms with Gasteiger partial charge in [0.25, 0.3) is 15.7 Å². The Bertz CT molecular complexity index is 849. The molecule has 0 atom stereocenters. The highest BCUT2D eigenvalue weighted by Gasteiger charge is 2.25. The SMILES string of the molecule is O=[N+]([O-])c1ccccc1S(=O)(=O)Nc1ccc2c(c1)OCO2. The summed E-state index contributed by atoms with van der Waals surface area (Å²) in [6.07, 6.45) is 0. The van der Waals surface area contributed by atoms with Crippen LogP contribution in [0.1, 0.15) is 0 Å². The number of anilines is 1. The van der Waals surface area contributed by atoms with Gasteiger partial charge in [0.05, 0.1) is 10.6 Å². The molecule has 0 spiro atoms. The maximum absolute atomic E-state index is 12.3. The van der Waals surface area contributed by atoms with Crippen LogP contribution >= 0.6 is 0 Å². The van der Waals surface area contributed by atoms with Crippen molar-refractivity contribution in [2.24, 2.45) is 0 Å². The van der Waals surface area contributed by atoms with Gasteiger partial charge in [0.15, 0.2) is 16.4 Å². The van der Waals surface area contributed by atoms with Crippen LogP contribution in [0.15, 0.2) is 47.4 Å². The largest absolute Gasteiger partial charge is 0.454 e. The highest BCUT2D eigenvalue weighted by Crippen LogP contribution is 2.35. The summed E-state index contributed by atoms with van der Waals surface area (Å²) in [5, 5.41) is 11.0. The number of sulfonamides is 1. The first-order valence-electron chi connectivity index (χ1n) is 6.13. The Kier molecular flexibility index (Phi) is 3.33. The lowest BCUT2D eigenvalue weighted by atomic mass is 10.3. The van der Waals surface area contributed by atoms with E-state index in [1.54, 1.807) is 6.07 Å². The first-order chi connectivity index (χ1) is 10.5. The fourth-order valence-corrected chi connectivity index (χ4v) is 3.23. The van der Waals surface area contributed by atoms with Crippen LogP contribution in [0.5, 0.6) is 11.5 Å². The van der Waals surface area contributed by atoms with Gasteiger partial charge in [0.2, 0.25) is 6.79 Å². The third kappa shape index (κ3) is 2.53. The van der Waals surface area contributed by atoms with Gasteiger partial charge in [-0.15, -0.1) is 0 Å². The van der Waals surface area contributed by atoms with Crippen molar-refractivity contribution in [2.75, 3.05) is 11.5 Å². The van der Waals surface area contributed by atoms with Crippen molar-refractivity contribution in [1.82, 2.24) is 0 Å². The highest BCUT2D eigenvalue weighted by atomic mass is 32.2. The zero-order chi connectivity index (χ0) is 15.7. The van der Waals surface area contributed by atoms with E-state index in [0.29, 0.717) is 11.5 Å². The maximum Gasteiger partial charge on any atom is 0.289 e. The Balaban J connectivity index is 1.96. The Morgan fingerprint density at radius 3 is 2.59 bits per heavy atom. The van der Waals surface area contributed by atoms with Gasteiger partial charge in [-0.3, -0.25) is 14.8 Å². The minimum Gasteiger partial charge on any atom is -0.454 e. The number of nitro groups is 1. The molecule has 0 bridgehead atoms. The van der Waals surface area contributed by atoms with Crippen LogP contribution in [0.4, 0.5) is 11.4 Å². The molecule has 0 aliphatic carbocycles. The quantitative estimate of drug-likeness (QED) is 0.682. The molecule has 1 heterocycles. The number of fused-ring (bicyclic) bond motifs is 1. The Labute approximate surface area is 125 Å². The van der Waals surface area contributed by atoms with E-state index < -0.39 is 25.5 Å². The third-order valence-corrected chi connectivity index (χ3v) is 4.40. The van der Waals surface area contributed by atoms with E-state index in [4.69, 9.17) is 9.47 Å². The van der Waals surface area contributed by atoms with Crippen molar-refractivity contribution >= 4 is 21.4 Å². The predicted octanol–water partition coefficient (Wildman–Crippen LogP) is 2.12. The van der Waals surface area contributed by atoms with Crippen LogP contribution < -0.4 is 14.2 Å². The van der Waals surface area contributed by atoms with Crippen molar-refractivity contribution in [3.8, 4) is 11.5 Å². The van der Waals surface area contributed by atoms with E-state index in [0.717, 1.165) is 6.07 Å². The Morgan fingerprint density at radius 1 is 1.09 bits per heavy atom. The molecule has 0 fully saturated rings. The molecule has 0 saturated heterocycles. The van der Waals surface area contributed by atoms with E-state index in [-0.39, 0.29) is 12.5 Å². The first kappa shape index (κ1) is 14.1. The summed E-state index contributed by atoms with van der Waals surface area (Å²) < 4.78 is 37.3. The fraction of sp³-hybridized carbons (Fsp3) is 0.0769. The van der Waals surface area contributed by atoms with Gasteiger partial charge in [-0.2, -0.15) is 0 Å². The zero-order valence-corrected chi connectivity index (χ0v) is 11.9. The van der Waals surface area contributed by atoms with Crippen LogP contribution in [0.3, 0.4) is 0 Å². The maximum atomic E-state index is 12.3. The molecule has 2 aromatic carbocycles. The van der Waals surface area contributed by atoms with Crippen molar-refractivity contribution in [1.29, 1.82) is 0 Å². The molecule has 0 aromatic heterocycles. The smallest absolute Gasteiger partial charge is 0.289 e. The lowest BCUT2D eigenvalue weighted by Gasteiger charge is -2.09. The summed E-state index contributed by atoms with van der Waals surface area (Å²) in [6, 6.07) is 9.62. The molecule has 22 heavy (non-hydrogen) atoms. The molecule has 0 unspecified atom stereocenters. The molecule has 1 aliphatic rings. The molecule has 1 N–H and O–H groups in total. The van der Waals surface area contributed by atoms with E-state index in [9.17, 15) is 18.5 Å². The lowest BCUT2D eigenvalue weighted by Crippen LogP contribution is -2.14. The molecular formula is C13H10N2O6S. The third-order valence-electron chi connectivity index (χ3n) is 2.98. The summed E-state index contributed by atoms with van der Waals surface area (Å²) in [4.78, 5) is 9.80. The molecule has 3 rings (SSSR count). The molecule has 0 saturated carbocycles. The van der Waals surface area contributed by atoms with E-state index in [1.807, 2.05) is 0 Å². The van der Waals surface area contributed by atoms with Gasteiger partial charge >= 0.3 is 0 Å². The highest BCUT2D eigenvalue weighted by molar-refractivity contribution is 7.92. The number of para-hydroxylation sites is 1. The van der Waals surface area contributed by atoms with E-state index >= 15 is 0 Å². The van der Waals surface area contributed by atoms with Crippen molar-refractivity contribution in [3.63, 3.8) is 0 Å². The standard InChI is InChI=1S/C13H10N2O6S/c16-15(17)10-3-1-2-4-13(10)22(18,19)14-9-5-6-11-12(7-9)21-8-20-11/h1-7,14H,8H2. The van der Waals surface area contributed by atoms with Gasteiger partial charge in [0.1, 0.15) is 0 Å². The number of nitrogens with zero attached hydrogens (tertiary/aromatic N) is 1. The van der Waals surface area contributed by atoms with Crippen LogP contribution in [0.25, 0.3) is 0 Å². The topological polar surface area (TPSA) is 108 Å². The molecule has 1 aliphatic heterocycles. The second-order valence-corrected chi connectivity index (χ2v) is 6.05. The van der Waals surface area contributed by atoms with Crippen LogP contribution in [0, 0.1) is 10.1 Å². The zero-order valence-electron chi connectivity index (χ0n) is 11.1. The molecule has 9 heteroatoms. The Hall–Kier alpha value is -2.81. The van der Waals surface area contributed by atoms with Gasteiger partial charge in [-0.05, 0) is 18.2 Å². The lowest BCUT2D eigenvalue weighted by molar-refractivity contribution is -0.387. The first-order valence-corrected chi connectivity index (χ1v) is 7.61. The van der Waals surface area contributed by atoms with Gasteiger partial charge in [0, 0.05) is 12.1 Å². The van der Waals surface area contributed by atoms with E-state index in [1.165, 1.54) is 30.3 Å². The molecule has 114 valence electrons. The number of ether oxygens (including phenoxy) is 2. The fourth-order valence-electron chi connectivity index (χ4n) is 2.01. The number of hydrogen-bond acceptors (Lipinski definition) is 6. The normalized spacial score (nSPS) is 12.9. The van der Waals surface area contributed by atoms with Gasteiger partial charge < -0.3 is 9.47 Å². The number of nitro benzene ring substituents is 1. The van der Waals surface area contributed by atoms with Gasteiger partial charge in [-0.25, -0.2) is 8.42 Å². The second kappa shape index (κ2) is 5.19. The molecule has 8 nitrogen and oxygen atoms in total. The minimum atomic E-state index is -4.09.